The summed E-state index contributed by atoms with van der Waals surface area (Å²) in [5, 5.41) is 9.78. The molecule has 1 atom stereocenters. The van der Waals surface area contributed by atoms with Gasteiger partial charge in [-0.1, -0.05) is 0 Å². The fourth-order valence-corrected chi connectivity index (χ4v) is 3.02. The molecule has 2 rings (SSSR count). The molecule has 1 fully saturated rings. The third kappa shape index (κ3) is 3.41. The van der Waals surface area contributed by atoms with E-state index in [2.05, 4.69) is 4.98 Å². The highest BCUT2D eigenvalue weighted by Gasteiger charge is 2.36. The van der Waals surface area contributed by atoms with E-state index in [1.807, 2.05) is 11.0 Å². The average molecular weight is 280 g/mol. The maximum Gasteiger partial charge on any atom is 0.270 e. The number of rotatable bonds is 6. The van der Waals surface area contributed by atoms with Crippen LogP contribution in [0, 0.1) is 5.41 Å². The molecule has 0 radical (unpaired) electrons. The number of ether oxygens (including phenoxy) is 1. The molecule has 0 spiro atoms. The van der Waals surface area contributed by atoms with Crippen molar-refractivity contribution in [2.45, 2.75) is 25.7 Å². The lowest BCUT2D eigenvalue weighted by Gasteiger charge is -2.41. The number of methoxy groups -OCH3 is 1. The number of hydrogen-bond acceptors (Lipinski definition) is 3. The van der Waals surface area contributed by atoms with Gasteiger partial charge in [-0.25, -0.2) is 0 Å². The fraction of sp³-hybridized carbons (Fsp3) is 0.667. The zero-order valence-corrected chi connectivity index (χ0v) is 12.1. The second-order valence-electron chi connectivity index (χ2n) is 5.67. The molecule has 112 valence electrons. The van der Waals surface area contributed by atoms with Crippen molar-refractivity contribution in [3.8, 4) is 0 Å². The van der Waals surface area contributed by atoms with Crippen LogP contribution in [0.25, 0.3) is 0 Å². The third-order valence-electron chi connectivity index (χ3n) is 4.17. The molecule has 0 aromatic carbocycles. The standard InChI is InChI=1S/C15H24N2O3/c1-20-10-4-7-15(12-18)6-3-9-17(11-15)14(19)13-5-2-8-16-13/h2,5,8,16,18H,3-4,6-7,9-12H2,1H3/t15-/m1/s1. The Bertz CT molecular complexity index is 419. The van der Waals surface area contributed by atoms with Gasteiger partial charge in [-0.15, -0.1) is 0 Å². The van der Waals surface area contributed by atoms with E-state index in [0.717, 1.165) is 32.2 Å². The van der Waals surface area contributed by atoms with E-state index in [9.17, 15) is 9.90 Å². The van der Waals surface area contributed by atoms with Crippen molar-refractivity contribution >= 4 is 5.91 Å². The second kappa shape index (κ2) is 6.90. The van der Waals surface area contributed by atoms with E-state index in [1.54, 1.807) is 19.4 Å². The summed E-state index contributed by atoms with van der Waals surface area (Å²) in [5.74, 6) is 0.0271. The maximum atomic E-state index is 12.4. The Labute approximate surface area is 119 Å². The van der Waals surface area contributed by atoms with Crippen LogP contribution >= 0.6 is 0 Å². The Morgan fingerprint density at radius 2 is 2.45 bits per heavy atom. The second-order valence-corrected chi connectivity index (χ2v) is 5.67. The van der Waals surface area contributed by atoms with E-state index in [1.165, 1.54) is 0 Å². The van der Waals surface area contributed by atoms with Gasteiger partial charge in [-0.05, 0) is 37.8 Å². The monoisotopic (exact) mass is 280 g/mol. The van der Waals surface area contributed by atoms with Gasteiger partial charge >= 0.3 is 0 Å². The van der Waals surface area contributed by atoms with Gasteiger partial charge in [0, 0.05) is 38.4 Å². The van der Waals surface area contributed by atoms with Crippen LogP contribution in [0.1, 0.15) is 36.2 Å². The minimum atomic E-state index is -0.168. The van der Waals surface area contributed by atoms with Crippen molar-refractivity contribution in [1.29, 1.82) is 0 Å². The normalized spacial score (nSPS) is 23.0. The Kier molecular flexibility index (Phi) is 5.20. The molecule has 1 aromatic heterocycles. The summed E-state index contributed by atoms with van der Waals surface area (Å²) in [6.07, 6.45) is 5.49. The lowest BCUT2D eigenvalue weighted by molar-refractivity contribution is 0.0177. The first-order valence-corrected chi connectivity index (χ1v) is 7.23. The van der Waals surface area contributed by atoms with Crippen LogP contribution in [-0.4, -0.2) is 54.3 Å². The Morgan fingerprint density at radius 3 is 3.10 bits per heavy atom. The number of carbonyl (C=O) groups is 1. The number of aromatic nitrogens is 1. The zero-order valence-electron chi connectivity index (χ0n) is 12.1. The summed E-state index contributed by atoms with van der Waals surface area (Å²) in [4.78, 5) is 17.2. The van der Waals surface area contributed by atoms with Gasteiger partial charge in [0.15, 0.2) is 0 Å². The molecule has 2 N–H and O–H groups in total. The third-order valence-corrected chi connectivity index (χ3v) is 4.17. The van der Waals surface area contributed by atoms with Gasteiger partial charge in [0.25, 0.3) is 5.91 Å². The first kappa shape index (κ1) is 15.1. The quantitative estimate of drug-likeness (QED) is 0.779. The van der Waals surface area contributed by atoms with Crippen molar-refractivity contribution in [3.05, 3.63) is 24.0 Å². The summed E-state index contributed by atoms with van der Waals surface area (Å²) in [6, 6.07) is 3.62. The van der Waals surface area contributed by atoms with Crippen molar-refractivity contribution in [2.24, 2.45) is 5.41 Å². The molecule has 1 aliphatic rings. The largest absolute Gasteiger partial charge is 0.396 e. The number of amides is 1. The number of nitrogens with zero attached hydrogens (tertiary/aromatic N) is 1. The summed E-state index contributed by atoms with van der Waals surface area (Å²) < 4.78 is 5.09. The van der Waals surface area contributed by atoms with E-state index in [-0.39, 0.29) is 17.9 Å². The molecule has 2 heterocycles. The van der Waals surface area contributed by atoms with Gasteiger partial charge in [-0.2, -0.15) is 0 Å². The number of aromatic amines is 1. The molecule has 0 unspecified atom stereocenters. The SMILES string of the molecule is COCCC[C@]1(CO)CCCN(C(=O)c2ccc[nH]2)C1. The highest BCUT2D eigenvalue weighted by molar-refractivity contribution is 5.92. The number of hydrogen-bond donors (Lipinski definition) is 2. The van der Waals surface area contributed by atoms with Crippen LogP contribution < -0.4 is 0 Å². The first-order valence-electron chi connectivity index (χ1n) is 7.23. The zero-order chi connectivity index (χ0) is 14.4. The highest BCUT2D eigenvalue weighted by atomic mass is 16.5. The van der Waals surface area contributed by atoms with Crippen LogP contribution in [0.2, 0.25) is 0 Å². The summed E-state index contributed by atoms with van der Waals surface area (Å²) >= 11 is 0. The highest BCUT2D eigenvalue weighted by Crippen LogP contribution is 2.34. The Hall–Kier alpha value is -1.33. The van der Waals surface area contributed by atoms with Crippen LogP contribution in [-0.2, 0) is 4.74 Å². The Balaban J connectivity index is 2.00. The van der Waals surface area contributed by atoms with Crippen LogP contribution in [0.15, 0.2) is 18.3 Å². The Morgan fingerprint density at radius 1 is 1.60 bits per heavy atom. The summed E-state index contributed by atoms with van der Waals surface area (Å²) in [5.41, 5.74) is 0.453. The van der Waals surface area contributed by atoms with E-state index in [0.29, 0.717) is 18.8 Å². The lowest BCUT2D eigenvalue weighted by Crippen LogP contribution is -2.48. The first-order chi connectivity index (χ1) is 9.71. The smallest absolute Gasteiger partial charge is 0.270 e. The van der Waals surface area contributed by atoms with Crippen LogP contribution in [0.5, 0.6) is 0 Å². The molecule has 1 amide bonds. The van der Waals surface area contributed by atoms with E-state index in [4.69, 9.17) is 4.74 Å². The number of likely N-dealkylation sites (tertiary alicyclic amines) is 1. The lowest BCUT2D eigenvalue weighted by atomic mass is 9.77. The predicted molar refractivity (Wildman–Crippen MR) is 76.6 cm³/mol. The number of piperidine rings is 1. The van der Waals surface area contributed by atoms with Crippen LogP contribution in [0.3, 0.4) is 0 Å². The molecule has 1 saturated heterocycles. The minimum Gasteiger partial charge on any atom is -0.396 e. The topological polar surface area (TPSA) is 65.6 Å². The molecule has 20 heavy (non-hydrogen) atoms. The summed E-state index contributed by atoms with van der Waals surface area (Å²) in [6.45, 7) is 2.23. The van der Waals surface area contributed by atoms with Gasteiger partial charge in [-0.3, -0.25) is 4.79 Å². The van der Waals surface area contributed by atoms with E-state index >= 15 is 0 Å². The molecular formula is C15H24N2O3. The number of aliphatic hydroxyl groups is 1. The number of carbonyl (C=O) groups excluding carboxylic acids is 1. The van der Waals surface area contributed by atoms with Gasteiger partial charge in [0.1, 0.15) is 5.69 Å². The van der Waals surface area contributed by atoms with Crippen molar-refractivity contribution in [2.75, 3.05) is 33.4 Å². The van der Waals surface area contributed by atoms with Crippen molar-refractivity contribution < 1.29 is 14.6 Å². The number of H-pyrrole nitrogens is 1. The molecule has 1 aromatic rings. The van der Waals surface area contributed by atoms with Crippen molar-refractivity contribution in [1.82, 2.24) is 9.88 Å². The van der Waals surface area contributed by atoms with Crippen LogP contribution in [0.4, 0.5) is 0 Å². The number of aliphatic hydroxyl groups excluding tert-OH is 1. The fourth-order valence-electron chi connectivity index (χ4n) is 3.02. The van der Waals surface area contributed by atoms with Gasteiger partial charge in [0.2, 0.25) is 0 Å². The molecular weight excluding hydrogens is 256 g/mol. The number of nitrogens with one attached hydrogen (secondary N) is 1. The van der Waals surface area contributed by atoms with Gasteiger partial charge in [0.05, 0.1) is 6.61 Å². The molecule has 0 saturated carbocycles. The molecule has 1 aliphatic heterocycles. The minimum absolute atomic E-state index is 0.0271. The van der Waals surface area contributed by atoms with E-state index < -0.39 is 0 Å². The molecule has 5 nitrogen and oxygen atoms in total. The molecule has 0 aliphatic carbocycles. The van der Waals surface area contributed by atoms with Crippen molar-refractivity contribution in [3.63, 3.8) is 0 Å². The molecule has 5 heteroatoms. The van der Waals surface area contributed by atoms with Gasteiger partial charge < -0.3 is 19.7 Å². The summed E-state index contributed by atoms with van der Waals surface area (Å²) in [7, 11) is 1.69. The average Bonchev–Trinajstić information content (AvgIpc) is 3.01. The molecule has 0 bridgehead atoms. The maximum absolute atomic E-state index is 12.4. The predicted octanol–water partition coefficient (Wildman–Crippen LogP) is 1.66.